The fraction of sp³-hybridized carbons (Fsp3) is 0.389. The molecule has 0 spiro atoms. The Bertz CT molecular complexity index is 770. The van der Waals surface area contributed by atoms with Gasteiger partial charge in [-0.2, -0.15) is 9.78 Å². The maximum Gasteiger partial charge on any atom is 0.271 e. The van der Waals surface area contributed by atoms with E-state index in [1.807, 2.05) is 13.8 Å². The second-order valence-corrected chi connectivity index (χ2v) is 5.80. The highest BCUT2D eigenvalue weighted by atomic mass is 19.1. The zero-order valence-electron chi connectivity index (χ0n) is 14.3. The Kier molecular flexibility index (Phi) is 6.41. The Morgan fingerprint density at radius 1 is 1.20 bits per heavy atom. The van der Waals surface area contributed by atoms with Crippen LogP contribution in [-0.2, 0) is 0 Å². The van der Waals surface area contributed by atoms with Crippen LogP contribution in [0.25, 0.3) is 5.69 Å². The summed E-state index contributed by atoms with van der Waals surface area (Å²) in [7, 11) is 0. The first-order valence-electron chi connectivity index (χ1n) is 8.28. The van der Waals surface area contributed by atoms with E-state index in [1.54, 1.807) is 0 Å². The van der Waals surface area contributed by atoms with Crippen molar-refractivity contribution in [3.05, 3.63) is 58.3 Å². The standard InChI is InChI=1S/C18H22FN3O3/c1-3-12(4-2)16(23)11-20-18(25)15-9-10-17(24)22(21-15)14-7-5-13(19)6-8-14/h5-10,12,16,23H,3-4,11H2,1-2H3,(H,20,25). The third-order valence-electron chi connectivity index (χ3n) is 4.17. The van der Waals surface area contributed by atoms with Crippen LogP contribution < -0.4 is 10.9 Å². The molecule has 1 aromatic heterocycles. The summed E-state index contributed by atoms with van der Waals surface area (Å²) in [5.41, 5.74) is -0.0287. The summed E-state index contributed by atoms with van der Waals surface area (Å²) in [5.74, 6) is -0.802. The minimum absolute atomic E-state index is 0.0423. The topological polar surface area (TPSA) is 84.2 Å². The Morgan fingerprint density at radius 3 is 2.44 bits per heavy atom. The molecule has 1 amide bonds. The van der Waals surface area contributed by atoms with E-state index in [-0.39, 0.29) is 18.2 Å². The predicted molar refractivity (Wildman–Crippen MR) is 92.2 cm³/mol. The van der Waals surface area contributed by atoms with Gasteiger partial charge in [-0.15, -0.1) is 0 Å². The highest BCUT2D eigenvalue weighted by Gasteiger charge is 2.17. The molecule has 1 atom stereocenters. The molecule has 0 fully saturated rings. The van der Waals surface area contributed by atoms with Gasteiger partial charge >= 0.3 is 0 Å². The number of rotatable bonds is 7. The lowest BCUT2D eigenvalue weighted by Crippen LogP contribution is -2.37. The van der Waals surface area contributed by atoms with Crippen LogP contribution in [0, 0.1) is 11.7 Å². The van der Waals surface area contributed by atoms with E-state index in [2.05, 4.69) is 10.4 Å². The fourth-order valence-corrected chi connectivity index (χ4v) is 2.59. The van der Waals surface area contributed by atoms with Gasteiger partial charge in [0.2, 0.25) is 0 Å². The molecule has 0 aliphatic heterocycles. The van der Waals surface area contributed by atoms with Gasteiger partial charge in [0.05, 0.1) is 11.8 Å². The van der Waals surface area contributed by atoms with Gasteiger partial charge in [0.25, 0.3) is 11.5 Å². The van der Waals surface area contributed by atoms with Gasteiger partial charge in [0, 0.05) is 12.6 Å². The molecule has 0 aliphatic carbocycles. The monoisotopic (exact) mass is 347 g/mol. The van der Waals surface area contributed by atoms with Crippen LogP contribution in [0.4, 0.5) is 4.39 Å². The summed E-state index contributed by atoms with van der Waals surface area (Å²) >= 11 is 0. The van der Waals surface area contributed by atoms with Crippen molar-refractivity contribution in [2.45, 2.75) is 32.8 Å². The number of benzene rings is 1. The third kappa shape index (κ3) is 4.73. The van der Waals surface area contributed by atoms with Crippen molar-refractivity contribution in [3.63, 3.8) is 0 Å². The second-order valence-electron chi connectivity index (χ2n) is 5.80. The van der Waals surface area contributed by atoms with Gasteiger partial charge in [-0.25, -0.2) is 4.39 Å². The molecule has 2 rings (SSSR count). The van der Waals surface area contributed by atoms with Crippen LogP contribution in [0.2, 0.25) is 0 Å². The number of aliphatic hydroxyl groups is 1. The summed E-state index contributed by atoms with van der Waals surface area (Å²) < 4.78 is 14.0. The predicted octanol–water partition coefficient (Wildman–Crippen LogP) is 1.90. The lowest BCUT2D eigenvalue weighted by Gasteiger charge is -2.20. The van der Waals surface area contributed by atoms with Crippen molar-refractivity contribution in [1.29, 1.82) is 0 Å². The van der Waals surface area contributed by atoms with Crippen LogP contribution in [0.15, 0.2) is 41.2 Å². The zero-order valence-corrected chi connectivity index (χ0v) is 14.3. The summed E-state index contributed by atoms with van der Waals surface area (Å²) in [6.45, 7) is 4.08. The molecule has 1 unspecified atom stereocenters. The maximum atomic E-state index is 13.0. The Labute approximate surface area is 145 Å². The van der Waals surface area contributed by atoms with E-state index in [4.69, 9.17) is 0 Å². The van der Waals surface area contributed by atoms with Crippen LogP contribution in [-0.4, -0.2) is 33.4 Å². The van der Waals surface area contributed by atoms with Gasteiger partial charge in [0.1, 0.15) is 11.5 Å². The van der Waals surface area contributed by atoms with Crippen molar-refractivity contribution in [2.24, 2.45) is 5.92 Å². The van der Waals surface area contributed by atoms with Gasteiger partial charge in [-0.05, 0) is 36.2 Å². The maximum absolute atomic E-state index is 13.0. The molecule has 134 valence electrons. The van der Waals surface area contributed by atoms with E-state index < -0.39 is 23.4 Å². The van der Waals surface area contributed by atoms with Crippen molar-refractivity contribution >= 4 is 5.91 Å². The number of amides is 1. The molecular formula is C18H22FN3O3. The molecule has 0 bridgehead atoms. The highest BCUT2D eigenvalue weighted by molar-refractivity contribution is 5.92. The molecule has 2 aromatic rings. The smallest absolute Gasteiger partial charge is 0.271 e. The molecule has 0 saturated carbocycles. The van der Waals surface area contributed by atoms with Gasteiger partial charge in [-0.3, -0.25) is 9.59 Å². The molecule has 0 saturated heterocycles. The van der Waals surface area contributed by atoms with E-state index in [0.717, 1.165) is 17.5 Å². The summed E-state index contributed by atoms with van der Waals surface area (Å²) in [5, 5.41) is 16.7. The molecule has 2 N–H and O–H groups in total. The van der Waals surface area contributed by atoms with Crippen molar-refractivity contribution in [1.82, 2.24) is 15.1 Å². The van der Waals surface area contributed by atoms with Crippen LogP contribution in [0.5, 0.6) is 0 Å². The van der Waals surface area contributed by atoms with Crippen LogP contribution in [0.1, 0.15) is 37.2 Å². The summed E-state index contributed by atoms with van der Waals surface area (Å²) in [6, 6.07) is 7.78. The Morgan fingerprint density at radius 2 is 1.84 bits per heavy atom. The van der Waals surface area contributed by atoms with Crippen LogP contribution >= 0.6 is 0 Å². The Hall–Kier alpha value is -2.54. The van der Waals surface area contributed by atoms with Crippen molar-refractivity contribution in [2.75, 3.05) is 6.54 Å². The van der Waals surface area contributed by atoms with Crippen molar-refractivity contribution in [3.8, 4) is 5.69 Å². The number of aromatic nitrogens is 2. The second kappa shape index (κ2) is 8.53. The first-order valence-corrected chi connectivity index (χ1v) is 8.28. The molecule has 25 heavy (non-hydrogen) atoms. The molecule has 0 aliphatic rings. The lowest BCUT2D eigenvalue weighted by molar-refractivity contribution is 0.0811. The summed E-state index contributed by atoms with van der Waals surface area (Å²) in [6.07, 6.45) is 1.00. The van der Waals surface area contributed by atoms with Gasteiger partial charge < -0.3 is 10.4 Å². The highest BCUT2D eigenvalue weighted by Crippen LogP contribution is 2.12. The number of nitrogens with one attached hydrogen (secondary N) is 1. The third-order valence-corrected chi connectivity index (χ3v) is 4.17. The first kappa shape index (κ1) is 18.8. The van der Waals surface area contributed by atoms with Crippen molar-refractivity contribution < 1.29 is 14.3 Å². The minimum atomic E-state index is -0.637. The number of hydrogen-bond donors (Lipinski definition) is 2. The van der Waals surface area contributed by atoms with E-state index in [1.165, 1.54) is 36.4 Å². The number of aliphatic hydroxyl groups excluding tert-OH is 1. The molecule has 7 heteroatoms. The molecular weight excluding hydrogens is 325 g/mol. The fourth-order valence-electron chi connectivity index (χ4n) is 2.59. The lowest BCUT2D eigenvalue weighted by atomic mass is 9.96. The minimum Gasteiger partial charge on any atom is -0.391 e. The zero-order chi connectivity index (χ0) is 18.4. The average molecular weight is 347 g/mol. The number of hydrogen-bond acceptors (Lipinski definition) is 4. The first-order chi connectivity index (χ1) is 12.0. The molecule has 0 radical (unpaired) electrons. The van der Waals surface area contributed by atoms with Crippen LogP contribution in [0.3, 0.4) is 0 Å². The van der Waals surface area contributed by atoms with E-state index in [0.29, 0.717) is 5.69 Å². The number of halogens is 1. The van der Waals surface area contributed by atoms with Gasteiger partial charge in [-0.1, -0.05) is 26.7 Å². The number of nitrogens with zero attached hydrogens (tertiary/aromatic N) is 2. The molecule has 1 heterocycles. The number of carbonyl (C=O) groups excluding carboxylic acids is 1. The van der Waals surface area contributed by atoms with E-state index >= 15 is 0 Å². The molecule has 1 aromatic carbocycles. The average Bonchev–Trinajstić information content (AvgIpc) is 2.62. The quantitative estimate of drug-likeness (QED) is 0.801. The molecule has 6 nitrogen and oxygen atoms in total. The number of carbonyl (C=O) groups is 1. The SMILES string of the molecule is CCC(CC)C(O)CNC(=O)c1ccc(=O)n(-c2ccc(F)cc2)n1. The van der Waals surface area contributed by atoms with Gasteiger partial charge in [0.15, 0.2) is 0 Å². The largest absolute Gasteiger partial charge is 0.391 e. The summed E-state index contributed by atoms with van der Waals surface area (Å²) in [4.78, 5) is 24.2. The Balaban J connectivity index is 2.14. The van der Waals surface area contributed by atoms with E-state index in [9.17, 15) is 19.1 Å². The normalized spacial score (nSPS) is 12.2.